The standard InChI is InChI=1S/C30H28N4O3/c35-19-24-26-18-33-25(7-4-8-27(33)36)29(34(26)17-20-13-15-31-16-14-20)28(24)30(37)32-23-11-9-22(10-12-23)21-5-2-1-3-6-21/h1-16,24,26,28-29,35H,17-19H2,(H,32,37)/t24-,26-,28+,29+/m1/s1. The van der Waals surface area contributed by atoms with Crippen molar-refractivity contribution in [2.24, 2.45) is 11.8 Å². The molecule has 1 saturated heterocycles. The number of amides is 1. The van der Waals surface area contributed by atoms with Gasteiger partial charge in [0.1, 0.15) is 0 Å². The van der Waals surface area contributed by atoms with Crippen LogP contribution in [0.5, 0.6) is 0 Å². The van der Waals surface area contributed by atoms with E-state index >= 15 is 0 Å². The number of aliphatic hydroxyl groups excluding tert-OH is 1. The third-order valence-corrected chi connectivity index (χ3v) is 7.72. The van der Waals surface area contributed by atoms with Crippen LogP contribution in [-0.4, -0.2) is 38.1 Å². The van der Waals surface area contributed by atoms with Gasteiger partial charge in [-0.05, 0) is 47.0 Å². The largest absolute Gasteiger partial charge is 0.396 e. The molecule has 7 nitrogen and oxygen atoms in total. The van der Waals surface area contributed by atoms with Crippen molar-refractivity contribution < 1.29 is 9.90 Å². The molecule has 4 atom stereocenters. The first-order valence-corrected chi connectivity index (χ1v) is 12.6. The number of fused-ring (bicyclic) bond motifs is 4. The van der Waals surface area contributed by atoms with Crippen LogP contribution in [0.4, 0.5) is 5.69 Å². The van der Waals surface area contributed by atoms with Crippen molar-refractivity contribution >= 4 is 11.6 Å². The SMILES string of the molecule is O=C(Nc1ccc(-c2ccccc2)cc1)[C@H]1[C@H](CO)[C@H]2Cn3c(cccc3=O)[C@@H]1N2Cc1ccncc1. The van der Waals surface area contributed by atoms with E-state index in [1.807, 2.05) is 60.7 Å². The van der Waals surface area contributed by atoms with E-state index in [0.29, 0.717) is 18.8 Å². The van der Waals surface area contributed by atoms with Gasteiger partial charge in [-0.15, -0.1) is 0 Å². The zero-order valence-corrected chi connectivity index (χ0v) is 20.3. The number of pyridine rings is 2. The van der Waals surface area contributed by atoms with E-state index in [2.05, 4.69) is 27.3 Å². The normalized spacial score (nSPS) is 22.4. The van der Waals surface area contributed by atoms with Crippen molar-refractivity contribution in [1.29, 1.82) is 0 Å². The quantitative estimate of drug-likeness (QED) is 0.429. The van der Waals surface area contributed by atoms with Gasteiger partial charge in [0.15, 0.2) is 0 Å². The van der Waals surface area contributed by atoms with E-state index < -0.39 is 5.92 Å². The lowest BCUT2D eigenvalue weighted by atomic mass is 9.86. The highest BCUT2D eigenvalue weighted by Crippen LogP contribution is 2.49. The third kappa shape index (κ3) is 4.26. The first-order chi connectivity index (χ1) is 18.1. The monoisotopic (exact) mass is 492 g/mol. The van der Waals surface area contributed by atoms with Crippen LogP contribution in [-0.2, 0) is 17.9 Å². The number of benzene rings is 2. The van der Waals surface area contributed by atoms with Crippen molar-refractivity contribution in [2.75, 3.05) is 11.9 Å². The van der Waals surface area contributed by atoms with Crippen LogP contribution in [0, 0.1) is 11.8 Å². The Morgan fingerprint density at radius 2 is 1.65 bits per heavy atom. The number of nitrogens with one attached hydrogen (secondary N) is 1. The second-order valence-electron chi connectivity index (χ2n) is 9.74. The Balaban J connectivity index is 1.33. The second-order valence-corrected chi connectivity index (χ2v) is 9.74. The fraction of sp³-hybridized carbons (Fsp3) is 0.233. The molecule has 2 aliphatic heterocycles. The van der Waals surface area contributed by atoms with Gasteiger partial charge in [-0.3, -0.25) is 19.5 Å². The lowest BCUT2D eigenvalue weighted by molar-refractivity contribution is -0.122. The minimum atomic E-state index is -0.513. The lowest BCUT2D eigenvalue weighted by Crippen LogP contribution is -2.45. The van der Waals surface area contributed by atoms with Gasteiger partial charge in [0.05, 0.1) is 12.0 Å². The number of rotatable bonds is 6. The summed E-state index contributed by atoms with van der Waals surface area (Å²) in [5, 5.41) is 13.6. The van der Waals surface area contributed by atoms with E-state index in [1.54, 1.807) is 29.1 Å². The van der Waals surface area contributed by atoms with Crippen LogP contribution in [0.1, 0.15) is 17.3 Å². The molecule has 2 aliphatic rings. The maximum Gasteiger partial charge on any atom is 0.250 e. The molecule has 2 bridgehead atoms. The van der Waals surface area contributed by atoms with E-state index in [-0.39, 0.29) is 36.1 Å². The van der Waals surface area contributed by atoms with Crippen molar-refractivity contribution in [2.45, 2.75) is 25.2 Å². The Morgan fingerprint density at radius 1 is 0.919 bits per heavy atom. The molecule has 2 aromatic carbocycles. The van der Waals surface area contributed by atoms with Gasteiger partial charge in [0, 0.05) is 61.5 Å². The topological polar surface area (TPSA) is 87.5 Å². The first-order valence-electron chi connectivity index (χ1n) is 12.6. The van der Waals surface area contributed by atoms with Crippen molar-refractivity contribution in [3.63, 3.8) is 0 Å². The molecule has 37 heavy (non-hydrogen) atoms. The fourth-order valence-electron chi connectivity index (χ4n) is 5.99. The number of aromatic nitrogens is 2. The van der Waals surface area contributed by atoms with E-state index in [4.69, 9.17) is 0 Å². The Kier molecular flexibility index (Phi) is 6.16. The Hall–Kier alpha value is -4.07. The molecule has 0 unspecified atom stereocenters. The molecule has 186 valence electrons. The second kappa shape index (κ2) is 9.76. The van der Waals surface area contributed by atoms with Crippen LogP contribution in [0.25, 0.3) is 11.1 Å². The minimum Gasteiger partial charge on any atom is -0.396 e. The van der Waals surface area contributed by atoms with Gasteiger partial charge in [0.2, 0.25) is 5.91 Å². The van der Waals surface area contributed by atoms with Crippen molar-refractivity contribution in [3.8, 4) is 11.1 Å². The lowest BCUT2D eigenvalue weighted by Gasteiger charge is -2.38. The van der Waals surface area contributed by atoms with Gasteiger partial charge in [0.25, 0.3) is 5.56 Å². The molecular formula is C30H28N4O3. The zero-order chi connectivity index (χ0) is 25.4. The number of aliphatic hydroxyl groups is 1. The van der Waals surface area contributed by atoms with Gasteiger partial charge < -0.3 is 15.0 Å². The van der Waals surface area contributed by atoms with E-state index in [0.717, 1.165) is 22.4 Å². The Morgan fingerprint density at radius 3 is 2.38 bits per heavy atom. The summed E-state index contributed by atoms with van der Waals surface area (Å²) < 4.78 is 1.77. The Bertz CT molecular complexity index is 1450. The average Bonchev–Trinajstić information content (AvgIpc) is 3.14. The summed E-state index contributed by atoms with van der Waals surface area (Å²) in [6, 6.07) is 26.6. The van der Waals surface area contributed by atoms with Gasteiger partial charge >= 0.3 is 0 Å². The fourth-order valence-corrected chi connectivity index (χ4v) is 5.99. The summed E-state index contributed by atoms with van der Waals surface area (Å²) in [6.07, 6.45) is 3.51. The molecule has 2 aromatic heterocycles. The molecule has 6 rings (SSSR count). The summed E-state index contributed by atoms with van der Waals surface area (Å²) in [5.74, 6) is -0.973. The summed E-state index contributed by atoms with van der Waals surface area (Å²) in [5.41, 5.74) is 4.69. The molecule has 0 saturated carbocycles. The Labute approximate surface area is 215 Å². The molecule has 1 fully saturated rings. The third-order valence-electron chi connectivity index (χ3n) is 7.72. The number of carbonyl (C=O) groups is 1. The van der Waals surface area contributed by atoms with Crippen LogP contribution in [0.2, 0.25) is 0 Å². The van der Waals surface area contributed by atoms with Crippen LogP contribution < -0.4 is 10.9 Å². The first kappa shape index (κ1) is 23.3. The van der Waals surface area contributed by atoms with Crippen LogP contribution in [0.15, 0.2) is 102 Å². The summed E-state index contributed by atoms with van der Waals surface area (Å²) >= 11 is 0. The van der Waals surface area contributed by atoms with Gasteiger partial charge in [-0.25, -0.2) is 0 Å². The van der Waals surface area contributed by atoms with Gasteiger partial charge in [-0.1, -0.05) is 48.5 Å². The van der Waals surface area contributed by atoms with E-state index in [1.165, 1.54) is 0 Å². The molecule has 1 amide bonds. The molecule has 0 radical (unpaired) electrons. The molecule has 0 aliphatic carbocycles. The highest BCUT2D eigenvalue weighted by atomic mass is 16.3. The predicted molar refractivity (Wildman–Crippen MR) is 142 cm³/mol. The minimum absolute atomic E-state index is 0.0784. The number of hydrogen-bond acceptors (Lipinski definition) is 5. The highest BCUT2D eigenvalue weighted by molar-refractivity contribution is 5.94. The maximum atomic E-state index is 13.8. The molecule has 2 N–H and O–H groups in total. The highest BCUT2D eigenvalue weighted by Gasteiger charge is 2.55. The number of carbonyl (C=O) groups excluding carboxylic acids is 1. The zero-order valence-electron chi connectivity index (χ0n) is 20.3. The molecular weight excluding hydrogens is 464 g/mol. The van der Waals surface area contributed by atoms with Crippen molar-refractivity contribution in [3.05, 3.63) is 119 Å². The van der Waals surface area contributed by atoms with Crippen LogP contribution >= 0.6 is 0 Å². The number of nitrogens with zero attached hydrogens (tertiary/aromatic N) is 3. The molecule has 7 heteroatoms. The molecule has 4 aromatic rings. The number of hydrogen-bond donors (Lipinski definition) is 2. The smallest absolute Gasteiger partial charge is 0.250 e. The summed E-state index contributed by atoms with van der Waals surface area (Å²) in [7, 11) is 0. The van der Waals surface area contributed by atoms with Crippen molar-refractivity contribution in [1.82, 2.24) is 14.5 Å². The maximum absolute atomic E-state index is 13.8. The van der Waals surface area contributed by atoms with Crippen LogP contribution in [0.3, 0.4) is 0 Å². The predicted octanol–water partition coefficient (Wildman–Crippen LogP) is 3.71. The summed E-state index contributed by atoms with van der Waals surface area (Å²) in [4.78, 5) is 33.0. The molecule has 4 heterocycles. The van der Waals surface area contributed by atoms with E-state index in [9.17, 15) is 14.7 Å². The number of anilines is 1. The summed E-state index contributed by atoms with van der Waals surface area (Å²) in [6.45, 7) is 0.909. The van der Waals surface area contributed by atoms with Gasteiger partial charge in [-0.2, -0.15) is 0 Å². The molecule has 0 spiro atoms. The average molecular weight is 493 g/mol.